The van der Waals surface area contributed by atoms with Gasteiger partial charge in [-0.05, 0) is 30.4 Å². The van der Waals surface area contributed by atoms with E-state index in [9.17, 15) is 0 Å². The van der Waals surface area contributed by atoms with Gasteiger partial charge in [0, 0.05) is 17.8 Å². The van der Waals surface area contributed by atoms with Gasteiger partial charge in [-0.25, -0.2) is 0 Å². The lowest BCUT2D eigenvalue weighted by molar-refractivity contribution is 0.581. The first kappa shape index (κ1) is 12.2. The highest BCUT2D eigenvalue weighted by molar-refractivity contribution is 5.81. The van der Waals surface area contributed by atoms with Gasteiger partial charge in [-0.15, -0.1) is 0 Å². The molecule has 0 unspecified atom stereocenters. The molecule has 0 saturated carbocycles. The number of hydrogen-bond acceptors (Lipinski definition) is 0. The minimum Gasteiger partial charge on any atom is -0.345 e. The van der Waals surface area contributed by atoms with Gasteiger partial charge in [-0.3, -0.25) is 0 Å². The zero-order valence-electron chi connectivity index (χ0n) is 11.1. The van der Waals surface area contributed by atoms with Gasteiger partial charge >= 0.3 is 0 Å². The first-order chi connectivity index (χ1) is 8.36. The highest BCUT2D eigenvalue weighted by Crippen LogP contribution is 2.21. The summed E-state index contributed by atoms with van der Waals surface area (Å²) >= 11 is 0. The Kier molecular flexibility index (Phi) is 4.24. The van der Waals surface area contributed by atoms with Crippen LogP contribution in [0, 0.1) is 0 Å². The van der Waals surface area contributed by atoms with Crippen LogP contribution in [0.2, 0.25) is 0 Å². The second-order valence-corrected chi connectivity index (χ2v) is 4.76. The summed E-state index contributed by atoms with van der Waals surface area (Å²) in [5.74, 6) is 0. The van der Waals surface area contributed by atoms with Crippen LogP contribution < -0.4 is 0 Å². The highest BCUT2D eigenvalue weighted by Gasteiger charge is 2.05. The van der Waals surface area contributed by atoms with Crippen LogP contribution in [0.3, 0.4) is 0 Å². The van der Waals surface area contributed by atoms with Crippen LogP contribution >= 0.6 is 0 Å². The van der Waals surface area contributed by atoms with Crippen LogP contribution in [0.1, 0.15) is 45.2 Å². The Balaban J connectivity index is 2.18. The molecule has 0 fully saturated rings. The Morgan fingerprint density at radius 1 is 1.00 bits per heavy atom. The lowest BCUT2D eigenvalue weighted by atomic mass is 10.2. The molecule has 0 aliphatic carbocycles. The van der Waals surface area contributed by atoms with Gasteiger partial charge in [0.2, 0.25) is 0 Å². The number of unbranched alkanes of at least 4 members (excludes halogenated alkanes) is 3. The normalized spacial score (nSPS) is 11.2. The van der Waals surface area contributed by atoms with Crippen molar-refractivity contribution in [3.63, 3.8) is 0 Å². The van der Waals surface area contributed by atoms with Crippen molar-refractivity contribution in [2.24, 2.45) is 0 Å². The van der Waals surface area contributed by atoms with Crippen LogP contribution in [0.25, 0.3) is 10.9 Å². The Morgan fingerprint density at radius 2 is 1.82 bits per heavy atom. The van der Waals surface area contributed by atoms with Crippen LogP contribution in [0.5, 0.6) is 0 Å². The predicted octanol–water partition coefficient (Wildman–Crippen LogP) is 4.78. The molecule has 0 aliphatic heterocycles. The molecular formula is C16H23N. The molecule has 0 N–H and O–H groups in total. The van der Waals surface area contributed by atoms with Crippen LogP contribution in [0.15, 0.2) is 30.3 Å². The molecule has 0 radical (unpaired) electrons. The molecule has 1 heterocycles. The predicted molar refractivity (Wildman–Crippen MR) is 75.5 cm³/mol. The maximum absolute atomic E-state index is 2.50. The van der Waals surface area contributed by atoms with E-state index in [4.69, 9.17) is 0 Å². The minimum absolute atomic E-state index is 1.13. The average Bonchev–Trinajstić information content (AvgIpc) is 2.73. The largest absolute Gasteiger partial charge is 0.345 e. The zero-order valence-corrected chi connectivity index (χ0v) is 11.1. The number of fused-ring (bicyclic) bond motifs is 1. The van der Waals surface area contributed by atoms with E-state index in [0.29, 0.717) is 0 Å². The third-order valence-electron chi connectivity index (χ3n) is 3.49. The molecule has 1 aromatic heterocycles. The summed E-state index contributed by atoms with van der Waals surface area (Å²) in [6, 6.07) is 11.1. The summed E-state index contributed by atoms with van der Waals surface area (Å²) < 4.78 is 2.50. The Labute approximate surface area is 104 Å². The van der Waals surface area contributed by atoms with Gasteiger partial charge in [0.05, 0.1) is 0 Å². The molecule has 1 nitrogen and oxygen atoms in total. The first-order valence-corrected chi connectivity index (χ1v) is 6.94. The van der Waals surface area contributed by atoms with E-state index in [1.807, 2.05) is 0 Å². The number of rotatable bonds is 6. The van der Waals surface area contributed by atoms with Crippen molar-refractivity contribution in [3.8, 4) is 0 Å². The molecule has 1 heteroatoms. The van der Waals surface area contributed by atoms with E-state index in [1.54, 1.807) is 0 Å². The van der Waals surface area contributed by atoms with E-state index < -0.39 is 0 Å². The average molecular weight is 229 g/mol. The fourth-order valence-corrected chi connectivity index (χ4v) is 2.52. The van der Waals surface area contributed by atoms with Crippen molar-refractivity contribution >= 4 is 10.9 Å². The zero-order chi connectivity index (χ0) is 12.1. The van der Waals surface area contributed by atoms with Crippen molar-refractivity contribution in [1.82, 2.24) is 4.57 Å². The molecule has 0 amide bonds. The van der Waals surface area contributed by atoms with E-state index in [-0.39, 0.29) is 0 Å². The Bertz CT molecular complexity index is 467. The smallest absolute Gasteiger partial charge is 0.0482 e. The standard InChI is InChI=1S/C16H23N/c1-3-5-6-9-12-17-15(4-2)13-14-10-7-8-11-16(14)17/h7-8,10-11,13H,3-6,9,12H2,1-2H3. The Morgan fingerprint density at radius 3 is 2.59 bits per heavy atom. The molecule has 0 bridgehead atoms. The molecule has 92 valence electrons. The molecule has 0 spiro atoms. The summed E-state index contributed by atoms with van der Waals surface area (Å²) in [4.78, 5) is 0. The van der Waals surface area contributed by atoms with E-state index in [0.717, 1.165) is 6.42 Å². The van der Waals surface area contributed by atoms with Gasteiger partial charge in [-0.1, -0.05) is 51.3 Å². The lowest BCUT2D eigenvalue weighted by Crippen LogP contribution is -2.02. The summed E-state index contributed by atoms with van der Waals surface area (Å²) in [5.41, 5.74) is 2.88. The van der Waals surface area contributed by atoms with Gasteiger partial charge in [0.25, 0.3) is 0 Å². The fraction of sp³-hybridized carbons (Fsp3) is 0.500. The monoisotopic (exact) mass is 229 g/mol. The van der Waals surface area contributed by atoms with Crippen molar-refractivity contribution in [2.45, 2.75) is 52.5 Å². The minimum atomic E-state index is 1.13. The van der Waals surface area contributed by atoms with Gasteiger partial charge in [0.15, 0.2) is 0 Å². The summed E-state index contributed by atoms with van der Waals surface area (Å²) in [6.07, 6.45) is 6.46. The first-order valence-electron chi connectivity index (χ1n) is 6.94. The van der Waals surface area contributed by atoms with Crippen molar-refractivity contribution in [2.75, 3.05) is 0 Å². The second kappa shape index (κ2) is 5.90. The van der Waals surface area contributed by atoms with Crippen molar-refractivity contribution < 1.29 is 0 Å². The summed E-state index contributed by atoms with van der Waals surface area (Å²) in [5, 5.41) is 1.39. The lowest BCUT2D eigenvalue weighted by Gasteiger charge is -2.09. The molecule has 0 atom stereocenters. The summed E-state index contributed by atoms with van der Waals surface area (Å²) in [7, 11) is 0. The molecule has 17 heavy (non-hydrogen) atoms. The molecule has 2 aromatic rings. The quantitative estimate of drug-likeness (QED) is 0.628. The number of benzene rings is 1. The number of aryl methyl sites for hydroxylation is 2. The van der Waals surface area contributed by atoms with Crippen LogP contribution in [-0.2, 0) is 13.0 Å². The van der Waals surface area contributed by atoms with E-state index in [2.05, 4.69) is 48.7 Å². The van der Waals surface area contributed by atoms with Crippen molar-refractivity contribution in [3.05, 3.63) is 36.0 Å². The maximum atomic E-state index is 2.50. The second-order valence-electron chi connectivity index (χ2n) is 4.76. The number of para-hydroxylation sites is 1. The Hall–Kier alpha value is -1.24. The molecule has 0 aliphatic rings. The topological polar surface area (TPSA) is 4.93 Å². The third kappa shape index (κ3) is 2.71. The number of nitrogens with zero attached hydrogens (tertiary/aromatic N) is 1. The van der Waals surface area contributed by atoms with Gasteiger partial charge in [-0.2, -0.15) is 0 Å². The van der Waals surface area contributed by atoms with Gasteiger partial charge in [0.1, 0.15) is 0 Å². The van der Waals surface area contributed by atoms with Crippen molar-refractivity contribution in [1.29, 1.82) is 0 Å². The van der Waals surface area contributed by atoms with E-state index >= 15 is 0 Å². The van der Waals surface area contributed by atoms with Crippen LogP contribution in [0.4, 0.5) is 0 Å². The fourth-order valence-electron chi connectivity index (χ4n) is 2.52. The molecular weight excluding hydrogens is 206 g/mol. The van der Waals surface area contributed by atoms with Crippen LogP contribution in [-0.4, -0.2) is 4.57 Å². The third-order valence-corrected chi connectivity index (χ3v) is 3.49. The maximum Gasteiger partial charge on any atom is 0.0482 e. The highest BCUT2D eigenvalue weighted by atomic mass is 15.0. The number of aromatic nitrogens is 1. The molecule has 0 saturated heterocycles. The van der Waals surface area contributed by atoms with E-state index in [1.165, 1.54) is 48.8 Å². The molecule has 2 rings (SSSR count). The summed E-state index contributed by atoms with van der Waals surface area (Å²) in [6.45, 7) is 5.69. The number of hydrogen-bond donors (Lipinski definition) is 0. The molecule has 1 aromatic carbocycles. The van der Waals surface area contributed by atoms with Gasteiger partial charge < -0.3 is 4.57 Å². The SMILES string of the molecule is CCCCCCn1c(CC)cc2ccccc21.